The van der Waals surface area contributed by atoms with Crippen molar-refractivity contribution in [1.29, 1.82) is 0 Å². The molecule has 4 nitrogen and oxygen atoms in total. The fourth-order valence-corrected chi connectivity index (χ4v) is 4.31. The van der Waals surface area contributed by atoms with Crippen LogP contribution in [0.2, 0.25) is 0 Å². The van der Waals surface area contributed by atoms with Gasteiger partial charge in [0.1, 0.15) is 12.3 Å². The Labute approximate surface area is 201 Å². The molecule has 1 atom stereocenters. The predicted molar refractivity (Wildman–Crippen MR) is 139 cm³/mol. The van der Waals surface area contributed by atoms with Gasteiger partial charge in [-0.25, -0.2) is 0 Å². The van der Waals surface area contributed by atoms with E-state index in [1.807, 2.05) is 26.0 Å². The molecule has 0 spiro atoms. The summed E-state index contributed by atoms with van der Waals surface area (Å²) in [7, 11) is 1.88. The second-order valence-electron chi connectivity index (χ2n) is 8.35. The molecule has 0 fully saturated rings. The smallest absolute Gasteiger partial charge is 0.251 e. The second kappa shape index (κ2) is 15.2. The molecule has 1 aliphatic carbocycles. The van der Waals surface area contributed by atoms with Crippen molar-refractivity contribution in [3.8, 4) is 0 Å². The van der Waals surface area contributed by atoms with Crippen LogP contribution in [0, 0.1) is 0 Å². The monoisotopic (exact) mass is 450 g/mol. The van der Waals surface area contributed by atoms with E-state index in [1.165, 1.54) is 30.4 Å². The lowest BCUT2D eigenvalue weighted by molar-refractivity contribution is -0.136. The van der Waals surface area contributed by atoms with E-state index in [-0.39, 0.29) is 5.91 Å². The van der Waals surface area contributed by atoms with E-state index in [2.05, 4.69) is 69.1 Å². The number of nitrogens with one attached hydrogen (secondary N) is 1. The molecule has 0 saturated carbocycles. The van der Waals surface area contributed by atoms with Gasteiger partial charge < -0.3 is 15.0 Å². The van der Waals surface area contributed by atoms with Gasteiger partial charge in [0, 0.05) is 6.20 Å². The molecule has 3 rings (SSSR count). The zero-order valence-electron chi connectivity index (χ0n) is 21.0. The first-order chi connectivity index (χ1) is 16.1. The van der Waals surface area contributed by atoms with Gasteiger partial charge in [-0.1, -0.05) is 102 Å². The Bertz CT molecular complexity index is 845. The quantitative estimate of drug-likeness (QED) is 0.496. The summed E-state index contributed by atoms with van der Waals surface area (Å²) in [6.07, 6.45) is 9.65. The third kappa shape index (κ3) is 7.40. The van der Waals surface area contributed by atoms with Crippen molar-refractivity contribution in [3.63, 3.8) is 0 Å². The number of hydrogen-bond acceptors (Lipinski definition) is 3. The van der Waals surface area contributed by atoms with Crippen LogP contribution < -0.4 is 5.32 Å². The van der Waals surface area contributed by atoms with Crippen molar-refractivity contribution in [2.45, 2.75) is 77.8 Å². The molecule has 0 bridgehead atoms. The Morgan fingerprint density at radius 1 is 1.00 bits per heavy atom. The molecule has 33 heavy (non-hydrogen) atoms. The normalized spacial score (nSPS) is 15.9. The minimum absolute atomic E-state index is 0.0672. The Hall–Kier alpha value is -2.72. The fourth-order valence-electron chi connectivity index (χ4n) is 4.31. The lowest BCUT2D eigenvalue weighted by Gasteiger charge is -2.33. The summed E-state index contributed by atoms with van der Waals surface area (Å²) in [5.74, 6) is 0.0672. The molecule has 1 amide bonds. The summed E-state index contributed by atoms with van der Waals surface area (Å²) in [6.45, 7) is 13.0. The van der Waals surface area contributed by atoms with Crippen molar-refractivity contribution in [2.75, 3.05) is 7.05 Å². The van der Waals surface area contributed by atoms with Crippen LogP contribution in [0.25, 0.3) is 0 Å². The highest BCUT2D eigenvalue weighted by Crippen LogP contribution is 2.38. The number of benzene rings is 2. The zero-order chi connectivity index (χ0) is 24.7. The Balaban J connectivity index is 0.000000689. The van der Waals surface area contributed by atoms with Crippen LogP contribution in [0.5, 0.6) is 0 Å². The van der Waals surface area contributed by atoms with Crippen LogP contribution in [0.1, 0.15) is 75.1 Å². The first-order valence-corrected chi connectivity index (χ1v) is 12.1. The van der Waals surface area contributed by atoms with E-state index in [0.717, 1.165) is 36.8 Å². The van der Waals surface area contributed by atoms with Crippen LogP contribution in [0.3, 0.4) is 0 Å². The van der Waals surface area contributed by atoms with E-state index >= 15 is 0 Å². The third-order valence-corrected chi connectivity index (χ3v) is 6.14. The minimum Gasteiger partial charge on any atom is -0.313 e. The SMILES string of the molecule is C=CN(Cc1ccc(CCC)cc1)C(=O)C1(NC)CCc2ccccc21.C=O.CCCCC. The van der Waals surface area contributed by atoms with Crippen LogP contribution in [0.4, 0.5) is 0 Å². The number of unbranched alkanes of at least 4 members (excludes halogenated alkanes) is 2. The molecule has 1 aliphatic rings. The van der Waals surface area contributed by atoms with Gasteiger partial charge in [-0.2, -0.15) is 0 Å². The summed E-state index contributed by atoms with van der Waals surface area (Å²) < 4.78 is 0. The molecule has 0 radical (unpaired) electrons. The van der Waals surface area contributed by atoms with Gasteiger partial charge in [0.25, 0.3) is 5.91 Å². The van der Waals surface area contributed by atoms with Crippen molar-refractivity contribution in [2.24, 2.45) is 0 Å². The lowest BCUT2D eigenvalue weighted by atomic mass is 9.90. The second-order valence-corrected chi connectivity index (χ2v) is 8.35. The van der Waals surface area contributed by atoms with Crippen molar-refractivity contribution in [1.82, 2.24) is 10.2 Å². The van der Waals surface area contributed by atoms with Gasteiger partial charge in [0.15, 0.2) is 0 Å². The Morgan fingerprint density at radius 2 is 1.61 bits per heavy atom. The van der Waals surface area contributed by atoms with Gasteiger partial charge in [-0.3, -0.25) is 4.79 Å². The predicted octanol–water partition coefficient (Wildman–Crippen LogP) is 6.18. The maximum absolute atomic E-state index is 13.5. The Kier molecular flexibility index (Phi) is 13.0. The Morgan fingerprint density at radius 3 is 2.12 bits per heavy atom. The minimum atomic E-state index is -0.660. The van der Waals surface area contributed by atoms with Gasteiger partial charge in [0.05, 0.1) is 6.54 Å². The van der Waals surface area contributed by atoms with Crippen molar-refractivity contribution in [3.05, 3.63) is 83.6 Å². The van der Waals surface area contributed by atoms with E-state index in [9.17, 15) is 4.79 Å². The van der Waals surface area contributed by atoms with Crippen LogP contribution in [-0.2, 0) is 34.5 Å². The maximum Gasteiger partial charge on any atom is 0.251 e. The van der Waals surface area contributed by atoms with E-state index < -0.39 is 5.54 Å². The van der Waals surface area contributed by atoms with Crippen LogP contribution >= 0.6 is 0 Å². The number of aryl methyl sites for hydroxylation is 2. The fraction of sp³-hybridized carbons (Fsp3) is 0.448. The third-order valence-electron chi connectivity index (χ3n) is 6.14. The van der Waals surface area contributed by atoms with Gasteiger partial charge in [0.2, 0.25) is 0 Å². The van der Waals surface area contributed by atoms with E-state index in [4.69, 9.17) is 4.79 Å². The highest BCUT2D eigenvalue weighted by atomic mass is 16.2. The number of carbonyl (C=O) groups excluding carboxylic acids is 2. The summed E-state index contributed by atoms with van der Waals surface area (Å²) in [5, 5.41) is 3.32. The maximum atomic E-state index is 13.5. The number of fused-ring (bicyclic) bond motifs is 1. The van der Waals surface area contributed by atoms with Crippen LogP contribution in [0.15, 0.2) is 61.3 Å². The summed E-state index contributed by atoms with van der Waals surface area (Å²) in [4.78, 5) is 23.2. The molecule has 1 N–H and O–H groups in total. The molecule has 0 saturated heterocycles. The molecule has 0 aromatic heterocycles. The molecule has 4 heteroatoms. The van der Waals surface area contributed by atoms with Crippen molar-refractivity contribution < 1.29 is 9.59 Å². The summed E-state index contributed by atoms with van der Waals surface area (Å²) >= 11 is 0. The molecule has 0 heterocycles. The lowest BCUT2D eigenvalue weighted by Crippen LogP contribution is -2.51. The van der Waals surface area contributed by atoms with Gasteiger partial charge >= 0.3 is 0 Å². The number of likely N-dealkylation sites (N-methyl/N-ethyl adjacent to an activating group) is 1. The highest BCUT2D eigenvalue weighted by molar-refractivity contribution is 5.89. The topological polar surface area (TPSA) is 49.4 Å². The number of carbonyl (C=O) groups is 2. The standard InChI is InChI=1S/C23H28N2O.C5H12.CH2O/c1-4-8-18-11-13-19(14-12-18)17-25(5-2)22(26)23(24-3)16-15-20-9-6-7-10-21(20)23;1-3-5-4-2;1-2/h5-7,9-14,24H,2,4,8,15-17H2,1,3H3;3-5H2,1-2H3;1H2. The molecule has 2 aromatic carbocycles. The van der Waals surface area contributed by atoms with E-state index in [0.29, 0.717) is 6.54 Å². The molecular weight excluding hydrogens is 408 g/mol. The van der Waals surface area contributed by atoms with Gasteiger partial charge in [-0.05, 0) is 48.6 Å². The summed E-state index contributed by atoms with van der Waals surface area (Å²) in [5.41, 5.74) is 4.15. The molecule has 180 valence electrons. The zero-order valence-corrected chi connectivity index (χ0v) is 21.0. The first-order valence-electron chi connectivity index (χ1n) is 12.1. The average molecular weight is 451 g/mol. The molecule has 0 aliphatic heterocycles. The number of rotatable bonds is 9. The number of nitrogens with zero attached hydrogens (tertiary/aromatic N) is 1. The first kappa shape index (κ1) is 28.3. The van der Waals surface area contributed by atoms with Crippen molar-refractivity contribution >= 4 is 12.7 Å². The summed E-state index contributed by atoms with van der Waals surface area (Å²) in [6, 6.07) is 16.8. The van der Waals surface area contributed by atoms with Crippen LogP contribution in [-0.4, -0.2) is 24.6 Å². The molecule has 1 unspecified atom stereocenters. The molecular formula is C29H42N2O2. The average Bonchev–Trinajstić information content (AvgIpc) is 3.25. The number of hydrogen-bond donors (Lipinski definition) is 1. The van der Waals surface area contributed by atoms with E-state index in [1.54, 1.807) is 11.1 Å². The van der Waals surface area contributed by atoms with Gasteiger partial charge in [-0.15, -0.1) is 0 Å². The highest BCUT2D eigenvalue weighted by Gasteiger charge is 2.45. The largest absolute Gasteiger partial charge is 0.313 e. The molecule has 2 aromatic rings. The number of amides is 1.